The van der Waals surface area contributed by atoms with Crippen molar-refractivity contribution >= 4 is 5.91 Å². The highest BCUT2D eigenvalue weighted by molar-refractivity contribution is 5.93. The van der Waals surface area contributed by atoms with Crippen LogP contribution in [0.3, 0.4) is 0 Å². The average Bonchev–Trinajstić information content (AvgIpc) is 3.17. The molecule has 1 aliphatic heterocycles. The van der Waals surface area contributed by atoms with Crippen LogP contribution in [-0.4, -0.2) is 49.3 Å². The molecule has 1 aromatic carbocycles. The van der Waals surface area contributed by atoms with E-state index in [4.69, 9.17) is 9.26 Å². The zero-order valence-corrected chi connectivity index (χ0v) is 16.4. The highest BCUT2D eigenvalue weighted by atomic mass is 16.5. The summed E-state index contributed by atoms with van der Waals surface area (Å²) >= 11 is 0. The molecule has 6 nitrogen and oxygen atoms in total. The monoisotopic (exact) mass is 371 g/mol. The normalized spacial score (nSPS) is 15.9. The van der Waals surface area contributed by atoms with Crippen LogP contribution in [0.2, 0.25) is 0 Å². The molecule has 1 amide bonds. The Balaban J connectivity index is 1.50. The van der Waals surface area contributed by atoms with Gasteiger partial charge in [-0.25, -0.2) is 0 Å². The van der Waals surface area contributed by atoms with Gasteiger partial charge in [-0.05, 0) is 49.9 Å². The van der Waals surface area contributed by atoms with Gasteiger partial charge in [0.2, 0.25) is 0 Å². The van der Waals surface area contributed by atoms with Crippen molar-refractivity contribution in [3.63, 3.8) is 0 Å². The molecule has 0 spiro atoms. The minimum Gasteiger partial charge on any atom is -0.497 e. The molecule has 1 aromatic heterocycles. The van der Waals surface area contributed by atoms with Gasteiger partial charge < -0.3 is 19.5 Å². The van der Waals surface area contributed by atoms with Crippen molar-refractivity contribution in [2.75, 3.05) is 33.3 Å². The number of carbonyl (C=O) groups is 1. The molecule has 1 fully saturated rings. The molecule has 0 saturated carbocycles. The number of piperidine rings is 1. The smallest absolute Gasteiger partial charge is 0.273 e. The molecular weight excluding hydrogens is 342 g/mol. The number of carbonyl (C=O) groups excluding carboxylic acids is 1. The van der Waals surface area contributed by atoms with Crippen molar-refractivity contribution in [3.05, 3.63) is 36.0 Å². The van der Waals surface area contributed by atoms with Gasteiger partial charge in [-0.1, -0.05) is 31.1 Å². The van der Waals surface area contributed by atoms with E-state index in [1.54, 1.807) is 13.2 Å². The highest BCUT2D eigenvalue weighted by Crippen LogP contribution is 2.24. The lowest BCUT2D eigenvalue weighted by Crippen LogP contribution is -2.40. The van der Waals surface area contributed by atoms with Crippen LogP contribution in [0.4, 0.5) is 0 Å². The number of hydrogen-bond acceptors (Lipinski definition) is 5. The fraction of sp³-hybridized carbons (Fsp3) is 0.524. The standard InChI is InChI=1S/C21H29N3O3/c1-15(2)14-24-9-7-16(8-10-24)13-22-21(25)19-12-20(27-23-19)17-5-4-6-18(11-17)26-3/h4-6,11-12,15-16H,7-10,13-14H2,1-3H3,(H,22,25). The van der Waals surface area contributed by atoms with Crippen molar-refractivity contribution in [1.82, 2.24) is 15.4 Å². The highest BCUT2D eigenvalue weighted by Gasteiger charge is 2.21. The minimum absolute atomic E-state index is 0.183. The summed E-state index contributed by atoms with van der Waals surface area (Å²) in [5.41, 5.74) is 1.14. The summed E-state index contributed by atoms with van der Waals surface area (Å²) in [7, 11) is 1.62. The predicted molar refractivity (Wildman–Crippen MR) is 105 cm³/mol. The Morgan fingerprint density at radius 2 is 2.11 bits per heavy atom. The van der Waals surface area contributed by atoms with Crippen molar-refractivity contribution in [2.24, 2.45) is 11.8 Å². The van der Waals surface area contributed by atoms with Crippen LogP contribution in [0.25, 0.3) is 11.3 Å². The topological polar surface area (TPSA) is 67.6 Å². The Labute approximate surface area is 160 Å². The largest absolute Gasteiger partial charge is 0.497 e. The number of nitrogens with zero attached hydrogens (tertiary/aromatic N) is 2. The molecule has 2 heterocycles. The van der Waals surface area contributed by atoms with Gasteiger partial charge in [-0.2, -0.15) is 0 Å². The van der Waals surface area contributed by atoms with E-state index in [0.29, 0.717) is 29.8 Å². The van der Waals surface area contributed by atoms with E-state index < -0.39 is 0 Å². The number of likely N-dealkylation sites (tertiary alicyclic amines) is 1. The van der Waals surface area contributed by atoms with Crippen LogP contribution in [0, 0.1) is 11.8 Å². The molecule has 0 unspecified atom stereocenters. The maximum atomic E-state index is 12.4. The van der Waals surface area contributed by atoms with E-state index in [9.17, 15) is 4.79 Å². The number of methoxy groups -OCH3 is 1. The molecule has 1 saturated heterocycles. The van der Waals surface area contributed by atoms with E-state index in [-0.39, 0.29) is 5.91 Å². The van der Waals surface area contributed by atoms with Gasteiger partial charge in [0.15, 0.2) is 11.5 Å². The molecule has 27 heavy (non-hydrogen) atoms. The lowest BCUT2D eigenvalue weighted by atomic mass is 9.96. The summed E-state index contributed by atoms with van der Waals surface area (Å²) in [6, 6.07) is 9.17. The first-order chi connectivity index (χ1) is 13.0. The first kappa shape index (κ1) is 19.4. The first-order valence-electron chi connectivity index (χ1n) is 9.67. The summed E-state index contributed by atoms with van der Waals surface area (Å²) in [4.78, 5) is 14.9. The van der Waals surface area contributed by atoms with E-state index >= 15 is 0 Å². The third-order valence-corrected chi connectivity index (χ3v) is 4.98. The summed E-state index contributed by atoms with van der Waals surface area (Å²) in [5.74, 6) is 2.34. The number of benzene rings is 1. The number of ether oxygens (including phenoxy) is 1. The number of rotatable bonds is 7. The molecule has 0 aliphatic carbocycles. The molecule has 1 aliphatic rings. The average molecular weight is 371 g/mol. The van der Waals surface area contributed by atoms with Gasteiger partial charge in [0.05, 0.1) is 7.11 Å². The maximum absolute atomic E-state index is 12.4. The maximum Gasteiger partial charge on any atom is 0.273 e. The van der Waals surface area contributed by atoms with Crippen LogP contribution in [0.5, 0.6) is 5.75 Å². The third kappa shape index (κ3) is 5.32. The molecule has 2 aromatic rings. The van der Waals surface area contributed by atoms with Crippen LogP contribution >= 0.6 is 0 Å². The van der Waals surface area contributed by atoms with Crippen molar-refractivity contribution in [2.45, 2.75) is 26.7 Å². The van der Waals surface area contributed by atoms with Gasteiger partial charge in [-0.3, -0.25) is 4.79 Å². The van der Waals surface area contributed by atoms with Gasteiger partial charge in [0.25, 0.3) is 5.91 Å². The fourth-order valence-corrected chi connectivity index (χ4v) is 3.51. The summed E-state index contributed by atoms with van der Waals surface area (Å²) in [6.45, 7) is 8.58. The second-order valence-electron chi connectivity index (χ2n) is 7.66. The van der Waals surface area contributed by atoms with E-state index in [0.717, 1.165) is 43.8 Å². The van der Waals surface area contributed by atoms with E-state index in [1.165, 1.54) is 0 Å². The molecule has 146 valence electrons. The fourth-order valence-electron chi connectivity index (χ4n) is 3.51. The molecule has 0 bridgehead atoms. The number of hydrogen-bond donors (Lipinski definition) is 1. The summed E-state index contributed by atoms with van der Waals surface area (Å²) in [6.07, 6.45) is 2.25. The van der Waals surface area contributed by atoms with Gasteiger partial charge >= 0.3 is 0 Å². The van der Waals surface area contributed by atoms with E-state index in [1.807, 2.05) is 24.3 Å². The van der Waals surface area contributed by atoms with Crippen LogP contribution in [-0.2, 0) is 0 Å². The summed E-state index contributed by atoms with van der Waals surface area (Å²) in [5, 5.41) is 6.93. The SMILES string of the molecule is COc1cccc(-c2cc(C(=O)NCC3CCN(CC(C)C)CC3)no2)c1. The van der Waals surface area contributed by atoms with Gasteiger partial charge in [0.1, 0.15) is 5.75 Å². The Hall–Kier alpha value is -2.34. The van der Waals surface area contributed by atoms with Gasteiger partial charge in [-0.15, -0.1) is 0 Å². The Morgan fingerprint density at radius 1 is 1.33 bits per heavy atom. The number of aromatic nitrogens is 1. The zero-order chi connectivity index (χ0) is 19.2. The zero-order valence-electron chi connectivity index (χ0n) is 16.4. The molecule has 3 rings (SSSR count). The number of nitrogens with one attached hydrogen (secondary N) is 1. The van der Waals surface area contributed by atoms with Crippen LogP contribution in [0.15, 0.2) is 34.9 Å². The van der Waals surface area contributed by atoms with Crippen molar-refractivity contribution in [1.29, 1.82) is 0 Å². The molecule has 0 atom stereocenters. The van der Waals surface area contributed by atoms with Gasteiger partial charge in [0, 0.05) is 24.7 Å². The predicted octanol–water partition coefficient (Wildman–Crippen LogP) is 3.45. The molecule has 0 radical (unpaired) electrons. The van der Waals surface area contributed by atoms with Crippen molar-refractivity contribution < 1.29 is 14.1 Å². The quantitative estimate of drug-likeness (QED) is 0.807. The number of amides is 1. The molecule has 6 heteroatoms. The Bertz CT molecular complexity index is 749. The second kappa shape index (κ2) is 9.04. The molecular formula is C21H29N3O3. The molecule has 1 N–H and O–H groups in total. The lowest BCUT2D eigenvalue weighted by Gasteiger charge is -2.32. The second-order valence-corrected chi connectivity index (χ2v) is 7.66. The Morgan fingerprint density at radius 3 is 2.81 bits per heavy atom. The minimum atomic E-state index is -0.183. The van der Waals surface area contributed by atoms with Crippen LogP contribution < -0.4 is 10.1 Å². The van der Waals surface area contributed by atoms with Crippen molar-refractivity contribution in [3.8, 4) is 17.1 Å². The van der Waals surface area contributed by atoms with Crippen LogP contribution in [0.1, 0.15) is 37.2 Å². The van der Waals surface area contributed by atoms with E-state index in [2.05, 4.69) is 29.2 Å². The summed E-state index contributed by atoms with van der Waals surface area (Å²) < 4.78 is 10.6. The lowest BCUT2D eigenvalue weighted by molar-refractivity contribution is 0.0925. The third-order valence-electron chi connectivity index (χ3n) is 4.98. The Kier molecular flexibility index (Phi) is 6.50. The first-order valence-corrected chi connectivity index (χ1v) is 9.67.